The van der Waals surface area contributed by atoms with Gasteiger partial charge in [0.05, 0.1) is 5.56 Å². The van der Waals surface area contributed by atoms with E-state index >= 15 is 0 Å². The van der Waals surface area contributed by atoms with Crippen molar-refractivity contribution in [2.45, 2.75) is 25.5 Å². The van der Waals surface area contributed by atoms with Crippen LogP contribution in [-0.2, 0) is 6.61 Å². The molecule has 1 aliphatic carbocycles. The number of aromatic nitrogens is 1. The lowest BCUT2D eigenvalue weighted by Gasteiger charge is -2.13. The lowest BCUT2D eigenvalue weighted by Crippen LogP contribution is -2.33. The second kappa shape index (κ2) is 7.29. The Bertz CT molecular complexity index is 708. The van der Waals surface area contributed by atoms with E-state index in [-0.39, 0.29) is 17.1 Å². The lowest BCUT2D eigenvalue weighted by atomic mass is 10.2. The van der Waals surface area contributed by atoms with Crippen molar-refractivity contribution in [3.8, 4) is 5.88 Å². The average molecular weight is 329 g/mol. The molecule has 0 bridgehead atoms. The predicted octanol–water partition coefficient (Wildman–Crippen LogP) is 3.76. The molecule has 0 saturated carbocycles. The number of halogens is 1. The van der Waals surface area contributed by atoms with Crippen molar-refractivity contribution in [3.63, 3.8) is 0 Å². The number of rotatable bonds is 5. The maximum absolute atomic E-state index is 12.2. The predicted molar refractivity (Wildman–Crippen MR) is 89.6 cm³/mol. The molecule has 0 atom stereocenters. The van der Waals surface area contributed by atoms with E-state index in [4.69, 9.17) is 16.3 Å². The van der Waals surface area contributed by atoms with Crippen molar-refractivity contribution in [2.24, 2.45) is 0 Å². The van der Waals surface area contributed by atoms with Gasteiger partial charge in [-0.25, -0.2) is 4.98 Å². The van der Waals surface area contributed by atoms with Gasteiger partial charge in [-0.3, -0.25) is 4.79 Å². The number of benzene rings is 1. The van der Waals surface area contributed by atoms with Gasteiger partial charge in [0, 0.05) is 12.1 Å². The van der Waals surface area contributed by atoms with Crippen LogP contribution in [-0.4, -0.2) is 16.9 Å². The first-order valence-corrected chi connectivity index (χ1v) is 7.89. The molecule has 0 saturated heterocycles. The van der Waals surface area contributed by atoms with Crippen LogP contribution in [0.15, 0.2) is 54.6 Å². The number of hydrogen-bond acceptors (Lipinski definition) is 3. The third kappa shape index (κ3) is 4.11. The van der Waals surface area contributed by atoms with Crippen LogP contribution in [0.1, 0.15) is 28.8 Å². The van der Waals surface area contributed by atoms with Gasteiger partial charge in [-0.15, -0.1) is 0 Å². The molecule has 23 heavy (non-hydrogen) atoms. The van der Waals surface area contributed by atoms with E-state index in [1.807, 2.05) is 30.3 Å². The fraction of sp³-hybridized carbons (Fsp3) is 0.222. The first kappa shape index (κ1) is 15.6. The Hall–Kier alpha value is -2.33. The summed E-state index contributed by atoms with van der Waals surface area (Å²) < 4.78 is 5.60. The van der Waals surface area contributed by atoms with Crippen LogP contribution >= 0.6 is 11.6 Å². The first-order valence-electron chi connectivity index (χ1n) is 7.51. The lowest BCUT2D eigenvalue weighted by molar-refractivity contribution is 0.0938. The zero-order valence-electron chi connectivity index (χ0n) is 12.5. The van der Waals surface area contributed by atoms with Gasteiger partial charge >= 0.3 is 0 Å². The van der Waals surface area contributed by atoms with E-state index in [9.17, 15) is 4.79 Å². The third-order valence-electron chi connectivity index (χ3n) is 3.64. The van der Waals surface area contributed by atoms with Crippen LogP contribution in [0.25, 0.3) is 0 Å². The molecule has 2 aromatic rings. The molecule has 0 unspecified atom stereocenters. The Labute approximate surface area is 140 Å². The Morgan fingerprint density at radius 3 is 2.61 bits per heavy atom. The van der Waals surface area contributed by atoms with Gasteiger partial charge in [-0.05, 0) is 24.5 Å². The minimum Gasteiger partial charge on any atom is -0.473 e. The summed E-state index contributed by atoms with van der Waals surface area (Å²) >= 11 is 6.12. The number of carbonyl (C=O) groups excluding carboxylic acids is 1. The van der Waals surface area contributed by atoms with Gasteiger partial charge in [0.1, 0.15) is 11.8 Å². The Kier molecular flexibility index (Phi) is 4.93. The number of hydrogen-bond donors (Lipinski definition) is 1. The van der Waals surface area contributed by atoms with Crippen LogP contribution in [0.2, 0.25) is 5.15 Å². The van der Waals surface area contributed by atoms with E-state index in [0.29, 0.717) is 18.1 Å². The fourth-order valence-electron chi connectivity index (χ4n) is 2.40. The Balaban J connectivity index is 1.62. The first-order chi connectivity index (χ1) is 11.2. The molecule has 1 heterocycles. The second-order valence-corrected chi connectivity index (χ2v) is 5.73. The van der Waals surface area contributed by atoms with Crippen LogP contribution in [0, 0.1) is 0 Å². The van der Waals surface area contributed by atoms with E-state index < -0.39 is 0 Å². The zero-order chi connectivity index (χ0) is 16.1. The molecular weight excluding hydrogens is 312 g/mol. The van der Waals surface area contributed by atoms with E-state index in [1.165, 1.54) is 0 Å². The highest BCUT2D eigenvalue weighted by molar-refractivity contribution is 6.32. The summed E-state index contributed by atoms with van der Waals surface area (Å²) in [6.07, 6.45) is 5.83. The second-order valence-electron chi connectivity index (χ2n) is 5.38. The molecular formula is C18H17ClN2O2. The van der Waals surface area contributed by atoms with Gasteiger partial charge in [-0.1, -0.05) is 54.1 Å². The topological polar surface area (TPSA) is 51.2 Å². The summed E-state index contributed by atoms with van der Waals surface area (Å²) in [4.78, 5) is 16.4. The molecule has 4 nitrogen and oxygen atoms in total. The van der Waals surface area contributed by atoms with Crippen molar-refractivity contribution in [1.29, 1.82) is 0 Å². The summed E-state index contributed by atoms with van der Waals surface area (Å²) in [6.45, 7) is 0.406. The monoisotopic (exact) mass is 328 g/mol. The zero-order valence-corrected chi connectivity index (χ0v) is 13.3. The summed E-state index contributed by atoms with van der Waals surface area (Å²) in [5.74, 6) is 0.198. The summed E-state index contributed by atoms with van der Waals surface area (Å²) in [5.41, 5.74) is 1.41. The summed E-state index contributed by atoms with van der Waals surface area (Å²) in [6, 6.07) is 13.2. The number of nitrogens with one attached hydrogen (secondary N) is 1. The molecule has 1 aliphatic rings. The quantitative estimate of drug-likeness (QED) is 0.671. The highest BCUT2D eigenvalue weighted by atomic mass is 35.5. The maximum atomic E-state index is 12.2. The Morgan fingerprint density at radius 1 is 1.17 bits per heavy atom. The molecule has 5 heteroatoms. The van der Waals surface area contributed by atoms with E-state index in [1.54, 1.807) is 12.1 Å². The molecule has 0 fully saturated rings. The normalized spacial score (nSPS) is 14.0. The minimum absolute atomic E-state index is 0.146. The third-order valence-corrected chi connectivity index (χ3v) is 3.93. The van der Waals surface area contributed by atoms with Crippen molar-refractivity contribution in [1.82, 2.24) is 10.3 Å². The summed E-state index contributed by atoms with van der Waals surface area (Å²) in [5, 5.41) is 3.10. The molecule has 1 N–H and O–H groups in total. The maximum Gasteiger partial charge on any atom is 0.254 e. The van der Waals surface area contributed by atoms with Crippen LogP contribution in [0.3, 0.4) is 0 Å². The highest BCUT2D eigenvalue weighted by Crippen LogP contribution is 2.20. The van der Waals surface area contributed by atoms with Crippen molar-refractivity contribution in [3.05, 3.63) is 70.9 Å². The molecule has 118 valence electrons. The van der Waals surface area contributed by atoms with Crippen LogP contribution in [0.5, 0.6) is 5.88 Å². The van der Waals surface area contributed by atoms with Crippen molar-refractivity contribution in [2.75, 3.05) is 0 Å². The van der Waals surface area contributed by atoms with Crippen LogP contribution < -0.4 is 10.1 Å². The van der Waals surface area contributed by atoms with E-state index in [2.05, 4.69) is 22.5 Å². The standard InChI is InChI=1S/C18H17ClN2O2/c19-17-15(18(22)20-14-8-4-5-9-14)10-11-16(21-17)23-12-13-6-2-1-3-7-13/h1-7,10-11,14H,8-9,12H2,(H,20,22). The van der Waals surface area contributed by atoms with Gasteiger partial charge in [-0.2, -0.15) is 0 Å². The molecule has 1 amide bonds. The summed E-state index contributed by atoms with van der Waals surface area (Å²) in [7, 11) is 0. The SMILES string of the molecule is O=C(NC1CC=CC1)c1ccc(OCc2ccccc2)nc1Cl. The van der Waals surface area contributed by atoms with Gasteiger partial charge in [0.15, 0.2) is 0 Å². The van der Waals surface area contributed by atoms with E-state index in [0.717, 1.165) is 18.4 Å². The van der Waals surface area contributed by atoms with Gasteiger partial charge in [0.2, 0.25) is 5.88 Å². The smallest absolute Gasteiger partial charge is 0.254 e. The molecule has 1 aromatic carbocycles. The largest absolute Gasteiger partial charge is 0.473 e. The number of ether oxygens (including phenoxy) is 1. The number of carbonyl (C=O) groups is 1. The fourth-order valence-corrected chi connectivity index (χ4v) is 2.63. The van der Waals surface area contributed by atoms with Gasteiger partial charge < -0.3 is 10.1 Å². The van der Waals surface area contributed by atoms with Gasteiger partial charge in [0.25, 0.3) is 5.91 Å². The van der Waals surface area contributed by atoms with Crippen molar-refractivity contribution >= 4 is 17.5 Å². The average Bonchev–Trinajstić information content (AvgIpc) is 3.07. The molecule has 0 aliphatic heterocycles. The number of pyridine rings is 1. The number of nitrogens with zero attached hydrogens (tertiary/aromatic N) is 1. The number of amides is 1. The Morgan fingerprint density at radius 2 is 1.91 bits per heavy atom. The molecule has 0 spiro atoms. The highest BCUT2D eigenvalue weighted by Gasteiger charge is 2.17. The molecule has 1 aromatic heterocycles. The molecule has 0 radical (unpaired) electrons. The van der Waals surface area contributed by atoms with Crippen LogP contribution in [0.4, 0.5) is 0 Å². The molecule has 3 rings (SSSR count). The minimum atomic E-state index is -0.203. The van der Waals surface area contributed by atoms with Crippen molar-refractivity contribution < 1.29 is 9.53 Å².